The van der Waals surface area contributed by atoms with Crippen LogP contribution < -0.4 is 0 Å². The van der Waals surface area contributed by atoms with Crippen LogP contribution in [0.3, 0.4) is 0 Å². The van der Waals surface area contributed by atoms with Crippen LogP contribution in [0.5, 0.6) is 0 Å². The van der Waals surface area contributed by atoms with Crippen molar-refractivity contribution >= 4 is 5.97 Å². The maximum Gasteiger partial charge on any atom is 0.317 e. The van der Waals surface area contributed by atoms with Gasteiger partial charge in [-0.05, 0) is 25.2 Å². The SMILES string of the molecule is CCCc1noc(CN(CC(=O)O)CC2CC2)n1. The van der Waals surface area contributed by atoms with Crippen molar-refractivity contribution in [2.24, 2.45) is 5.92 Å². The van der Waals surface area contributed by atoms with E-state index >= 15 is 0 Å². The minimum absolute atomic E-state index is 0.0298. The van der Waals surface area contributed by atoms with Crippen molar-refractivity contribution in [3.05, 3.63) is 11.7 Å². The number of aryl methyl sites for hydroxylation is 1. The lowest BCUT2D eigenvalue weighted by atomic mass is 10.3. The molecule has 6 nitrogen and oxygen atoms in total. The van der Waals surface area contributed by atoms with Gasteiger partial charge < -0.3 is 9.63 Å². The molecule has 6 heteroatoms. The second-order valence-corrected chi connectivity index (χ2v) is 4.86. The second kappa shape index (κ2) is 5.95. The molecule has 0 bridgehead atoms. The normalized spacial score (nSPS) is 15.2. The topological polar surface area (TPSA) is 79.5 Å². The lowest BCUT2D eigenvalue weighted by Crippen LogP contribution is -2.31. The zero-order valence-corrected chi connectivity index (χ0v) is 10.6. The first-order chi connectivity index (χ1) is 8.67. The molecule has 18 heavy (non-hydrogen) atoms. The van der Waals surface area contributed by atoms with Gasteiger partial charge in [-0.25, -0.2) is 0 Å². The third kappa shape index (κ3) is 4.10. The standard InChI is InChI=1S/C12H19N3O3/c1-2-3-10-13-11(18-14-10)7-15(8-12(16)17)6-9-4-5-9/h9H,2-8H2,1H3,(H,16,17). The number of carbonyl (C=O) groups is 1. The third-order valence-electron chi connectivity index (χ3n) is 2.91. The predicted octanol–water partition coefficient (Wildman–Crippen LogP) is 1.32. The lowest BCUT2D eigenvalue weighted by Gasteiger charge is -2.17. The molecular formula is C12H19N3O3. The molecule has 1 aliphatic carbocycles. The van der Waals surface area contributed by atoms with Gasteiger partial charge >= 0.3 is 5.97 Å². The molecule has 0 amide bonds. The Morgan fingerprint density at radius 1 is 1.56 bits per heavy atom. The van der Waals surface area contributed by atoms with E-state index in [0.29, 0.717) is 24.2 Å². The van der Waals surface area contributed by atoms with Crippen molar-refractivity contribution < 1.29 is 14.4 Å². The van der Waals surface area contributed by atoms with E-state index in [1.54, 1.807) is 0 Å². The summed E-state index contributed by atoms with van der Waals surface area (Å²) in [5.74, 6) is 1.04. The number of aliphatic carboxylic acids is 1. The van der Waals surface area contributed by atoms with Crippen molar-refractivity contribution in [3.8, 4) is 0 Å². The molecule has 1 heterocycles. The summed E-state index contributed by atoms with van der Waals surface area (Å²) in [6.45, 7) is 3.32. The second-order valence-electron chi connectivity index (χ2n) is 4.86. The highest BCUT2D eigenvalue weighted by Crippen LogP contribution is 2.30. The molecule has 1 saturated carbocycles. The summed E-state index contributed by atoms with van der Waals surface area (Å²) < 4.78 is 5.14. The molecule has 0 spiro atoms. The maximum absolute atomic E-state index is 10.8. The molecule has 1 aliphatic rings. The Kier molecular flexibility index (Phi) is 4.30. The molecule has 1 fully saturated rings. The van der Waals surface area contributed by atoms with Gasteiger partial charge in [0.1, 0.15) is 0 Å². The van der Waals surface area contributed by atoms with Crippen LogP contribution in [0, 0.1) is 5.92 Å². The molecule has 100 valence electrons. The van der Waals surface area contributed by atoms with Crippen LogP contribution in [-0.4, -0.2) is 39.2 Å². The summed E-state index contributed by atoms with van der Waals surface area (Å²) in [5.41, 5.74) is 0. The number of rotatable bonds is 8. The van der Waals surface area contributed by atoms with Crippen molar-refractivity contribution in [1.29, 1.82) is 0 Å². The average Bonchev–Trinajstić information content (AvgIpc) is 2.99. The van der Waals surface area contributed by atoms with Crippen molar-refractivity contribution in [2.75, 3.05) is 13.1 Å². The first-order valence-electron chi connectivity index (χ1n) is 6.43. The van der Waals surface area contributed by atoms with Crippen LogP contribution >= 0.6 is 0 Å². The lowest BCUT2D eigenvalue weighted by molar-refractivity contribution is -0.138. The highest BCUT2D eigenvalue weighted by atomic mass is 16.5. The van der Waals surface area contributed by atoms with Crippen molar-refractivity contribution in [3.63, 3.8) is 0 Å². The fourth-order valence-corrected chi connectivity index (χ4v) is 1.91. The number of nitrogens with zero attached hydrogens (tertiary/aromatic N) is 3. The van der Waals surface area contributed by atoms with E-state index in [1.165, 1.54) is 12.8 Å². The third-order valence-corrected chi connectivity index (χ3v) is 2.91. The Labute approximate surface area is 106 Å². The highest BCUT2D eigenvalue weighted by molar-refractivity contribution is 5.69. The van der Waals surface area contributed by atoms with E-state index in [9.17, 15) is 4.79 Å². The number of carboxylic acid groups (broad SMARTS) is 1. The van der Waals surface area contributed by atoms with Gasteiger partial charge in [0.15, 0.2) is 5.82 Å². The number of aromatic nitrogens is 2. The van der Waals surface area contributed by atoms with Crippen LogP contribution in [0.1, 0.15) is 37.9 Å². The zero-order chi connectivity index (χ0) is 13.0. The maximum atomic E-state index is 10.8. The summed E-state index contributed by atoms with van der Waals surface area (Å²) in [6.07, 6.45) is 4.16. The summed E-state index contributed by atoms with van der Waals surface area (Å²) in [7, 11) is 0. The molecule has 1 aromatic heterocycles. The minimum atomic E-state index is -0.816. The monoisotopic (exact) mass is 253 g/mol. The largest absolute Gasteiger partial charge is 0.480 e. The van der Waals surface area contributed by atoms with Crippen molar-refractivity contribution in [2.45, 2.75) is 39.2 Å². The van der Waals surface area contributed by atoms with Gasteiger partial charge in [0, 0.05) is 13.0 Å². The number of hydrogen-bond donors (Lipinski definition) is 1. The highest BCUT2D eigenvalue weighted by Gasteiger charge is 2.26. The molecule has 1 aromatic rings. The van der Waals surface area contributed by atoms with Gasteiger partial charge in [-0.1, -0.05) is 12.1 Å². The van der Waals surface area contributed by atoms with Crippen LogP contribution in [0.25, 0.3) is 0 Å². The van der Waals surface area contributed by atoms with Crippen LogP contribution in [0.4, 0.5) is 0 Å². The smallest absolute Gasteiger partial charge is 0.317 e. The predicted molar refractivity (Wildman–Crippen MR) is 63.9 cm³/mol. The first-order valence-corrected chi connectivity index (χ1v) is 6.43. The summed E-state index contributed by atoms with van der Waals surface area (Å²) in [5, 5.41) is 12.7. The van der Waals surface area contributed by atoms with E-state index in [2.05, 4.69) is 17.1 Å². The molecule has 0 aromatic carbocycles. The molecule has 0 unspecified atom stereocenters. The molecule has 0 radical (unpaired) electrons. The number of carboxylic acids is 1. The van der Waals surface area contributed by atoms with E-state index in [0.717, 1.165) is 19.4 Å². The van der Waals surface area contributed by atoms with Crippen LogP contribution in [0.2, 0.25) is 0 Å². The Hall–Kier alpha value is -1.43. The van der Waals surface area contributed by atoms with Crippen molar-refractivity contribution in [1.82, 2.24) is 15.0 Å². The van der Waals surface area contributed by atoms with Gasteiger partial charge in [-0.3, -0.25) is 9.69 Å². The fraction of sp³-hybridized carbons (Fsp3) is 0.750. The molecule has 0 saturated heterocycles. The average molecular weight is 253 g/mol. The Balaban J connectivity index is 1.90. The quantitative estimate of drug-likeness (QED) is 0.752. The first kappa shape index (κ1) is 13.0. The van der Waals surface area contributed by atoms with Gasteiger partial charge in [0.05, 0.1) is 13.1 Å². The Bertz CT molecular complexity index is 401. The van der Waals surface area contributed by atoms with Crippen LogP contribution in [0.15, 0.2) is 4.52 Å². The molecule has 1 N–H and O–H groups in total. The van der Waals surface area contributed by atoms with Crippen LogP contribution in [-0.2, 0) is 17.8 Å². The molecule has 2 rings (SSSR count). The zero-order valence-electron chi connectivity index (χ0n) is 10.6. The van der Waals surface area contributed by atoms with Gasteiger partial charge in [0.2, 0.25) is 5.89 Å². The minimum Gasteiger partial charge on any atom is -0.480 e. The van der Waals surface area contributed by atoms with Gasteiger partial charge in [-0.15, -0.1) is 0 Å². The van der Waals surface area contributed by atoms with E-state index in [1.807, 2.05) is 4.90 Å². The molecule has 0 atom stereocenters. The molecular weight excluding hydrogens is 234 g/mol. The summed E-state index contributed by atoms with van der Waals surface area (Å²) in [4.78, 5) is 16.9. The van der Waals surface area contributed by atoms with E-state index in [-0.39, 0.29) is 6.54 Å². The van der Waals surface area contributed by atoms with Gasteiger partial charge in [0.25, 0.3) is 0 Å². The number of hydrogen-bond acceptors (Lipinski definition) is 5. The fourth-order valence-electron chi connectivity index (χ4n) is 1.91. The summed E-state index contributed by atoms with van der Waals surface area (Å²) in [6, 6.07) is 0. The van der Waals surface area contributed by atoms with Gasteiger partial charge in [-0.2, -0.15) is 4.98 Å². The van der Waals surface area contributed by atoms with E-state index < -0.39 is 5.97 Å². The molecule has 0 aliphatic heterocycles. The Morgan fingerprint density at radius 3 is 2.94 bits per heavy atom. The Morgan fingerprint density at radius 2 is 2.33 bits per heavy atom. The summed E-state index contributed by atoms with van der Waals surface area (Å²) >= 11 is 0. The van der Waals surface area contributed by atoms with E-state index in [4.69, 9.17) is 9.63 Å².